The topological polar surface area (TPSA) is 41.1 Å². The third-order valence-corrected chi connectivity index (χ3v) is 3.71. The molecule has 2 N–H and O–H groups in total. The van der Waals surface area contributed by atoms with E-state index in [0.29, 0.717) is 6.04 Å². The molecule has 1 aliphatic heterocycles. The first-order chi connectivity index (χ1) is 7.25. The van der Waals surface area contributed by atoms with Crippen molar-refractivity contribution in [3.8, 4) is 0 Å². The largest absolute Gasteiger partial charge is 0.353 e. The lowest BCUT2D eigenvalue weighted by atomic mass is 9.87. The van der Waals surface area contributed by atoms with Crippen LogP contribution in [-0.2, 0) is 4.79 Å². The Hall–Kier alpha value is -0.280. The second kappa shape index (κ2) is 6.45. The first-order valence-electron chi connectivity index (χ1n) is 6.27. The van der Waals surface area contributed by atoms with Crippen LogP contribution in [0.4, 0.5) is 0 Å². The molecule has 4 heteroatoms. The molecule has 2 fully saturated rings. The zero-order valence-corrected chi connectivity index (χ0v) is 10.8. The van der Waals surface area contributed by atoms with Gasteiger partial charge in [0.15, 0.2) is 0 Å². The van der Waals surface area contributed by atoms with Gasteiger partial charge in [0, 0.05) is 12.6 Å². The molecule has 3 nitrogen and oxygen atoms in total. The second-order valence-corrected chi connectivity index (χ2v) is 5.17. The molecule has 1 saturated carbocycles. The van der Waals surface area contributed by atoms with Gasteiger partial charge in [-0.3, -0.25) is 4.79 Å². The van der Waals surface area contributed by atoms with Crippen molar-refractivity contribution in [3.63, 3.8) is 0 Å². The zero-order valence-electron chi connectivity index (χ0n) is 10.00. The lowest BCUT2D eigenvalue weighted by Gasteiger charge is -2.28. The van der Waals surface area contributed by atoms with Crippen molar-refractivity contribution in [1.82, 2.24) is 10.6 Å². The lowest BCUT2D eigenvalue weighted by molar-refractivity contribution is -0.125. The fourth-order valence-electron chi connectivity index (χ4n) is 2.76. The van der Waals surface area contributed by atoms with E-state index in [1.54, 1.807) is 0 Å². The van der Waals surface area contributed by atoms with E-state index in [0.717, 1.165) is 25.4 Å². The van der Waals surface area contributed by atoms with E-state index in [2.05, 4.69) is 17.6 Å². The number of carbonyl (C=O) groups is 1. The van der Waals surface area contributed by atoms with Crippen molar-refractivity contribution in [2.75, 3.05) is 13.1 Å². The normalized spacial score (nSPS) is 34.2. The molecule has 3 unspecified atom stereocenters. The van der Waals surface area contributed by atoms with Gasteiger partial charge in [0.25, 0.3) is 0 Å². The van der Waals surface area contributed by atoms with Crippen LogP contribution in [0.5, 0.6) is 0 Å². The summed E-state index contributed by atoms with van der Waals surface area (Å²) in [4.78, 5) is 11.9. The maximum absolute atomic E-state index is 11.9. The molecular weight excluding hydrogens is 224 g/mol. The van der Waals surface area contributed by atoms with E-state index in [1.807, 2.05) is 0 Å². The summed E-state index contributed by atoms with van der Waals surface area (Å²) in [6, 6.07) is 0.446. The number of nitrogens with one attached hydrogen (secondary N) is 2. The molecule has 0 aromatic heterocycles. The van der Waals surface area contributed by atoms with Crippen molar-refractivity contribution in [2.24, 2.45) is 11.8 Å². The van der Waals surface area contributed by atoms with E-state index >= 15 is 0 Å². The minimum Gasteiger partial charge on any atom is -0.353 e. The molecule has 1 aliphatic carbocycles. The van der Waals surface area contributed by atoms with Crippen LogP contribution < -0.4 is 10.6 Å². The number of hydrogen-bond donors (Lipinski definition) is 2. The average molecular weight is 247 g/mol. The summed E-state index contributed by atoms with van der Waals surface area (Å²) in [5.41, 5.74) is 0. The monoisotopic (exact) mass is 246 g/mol. The third-order valence-electron chi connectivity index (χ3n) is 3.71. The number of rotatable bonds is 2. The summed E-state index contributed by atoms with van der Waals surface area (Å²) in [6.07, 6.45) is 5.96. The van der Waals surface area contributed by atoms with Crippen molar-refractivity contribution in [3.05, 3.63) is 0 Å². The number of carbonyl (C=O) groups excluding carboxylic acids is 1. The van der Waals surface area contributed by atoms with E-state index < -0.39 is 0 Å². The summed E-state index contributed by atoms with van der Waals surface area (Å²) in [6.45, 7) is 4.16. The maximum atomic E-state index is 11.9. The van der Waals surface area contributed by atoms with E-state index in [9.17, 15) is 4.79 Å². The van der Waals surface area contributed by atoms with Crippen molar-refractivity contribution >= 4 is 18.3 Å². The summed E-state index contributed by atoms with van der Waals surface area (Å²) in [5.74, 6) is 1.28. The highest BCUT2D eigenvalue weighted by molar-refractivity contribution is 5.85. The van der Waals surface area contributed by atoms with Gasteiger partial charge >= 0.3 is 0 Å². The Morgan fingerprint density at radius 1 is 1.31 bits per heavy atom. The maximum Gasteiger partial charge on any atom is 0.224 e. The van der Waals surface area contributed by atoms with Crippen LogP contribution in [0.15, 0.2) is 0 Å². The quantitative estimate of drug-likeness (QED) is 0.779. The minimum absolute atomic E-state index is 0. The SMILES string of the molecule is CC1CCCC(NC(=O)C2CCNC2)C1.Cl. The highest BCUT2D eigenvalue weighted by Gasteiger charge is 2.26. The highest BCUT2D eigenvalue weighted by atomic mass is 35.5. The zero-order chi connectivity index (χ0) is 10.7. The Labute approximate surface area is 104 Å². The Morgan fingerprint density at radius 2 is 2.12 bits per heavy atom. The van der Waals surface area contributed by atoms with E-state index in [-0.39, 0.29) is 24.2 Å². The van der Waals surface area contributed by atoms with Crippen LogP contribution in [-0.4, -0.2) is 25.0 Å². The van der Waals surface area contributed by atoms with Gasteiger partial charge in [-0.25, -0.2) is 0 Å². The van der Waals surface area contributed by atoms with Gasteiger partial charge in [-0.05, 0) is 31.7 Å². The van der Waals surface area contributed by atoms with Gasteiger partial charge in [0.05, 0.1) is 5.92 Å². The molecule has 2 aliphatic rings. The van der Waals surface area contributed by atoms with E-state index in [1.165, 1.54) is 25.7 Å². The van der Waals surface area contributed by atoms with Crippen LogP contribution in [0.2, 0.25) is 0 Å². The molecule has 0 aromatic carbocycles. The minimum atomic E-state index is 0. The van der Waals surface area contributed by atoms with Gasteiger partial charge in [-0.15, -0.1) is 12.4 Å². The molecule has 16 heavy (non-hydrogen) atoms. The van der Waals surface area contributed by atoms with Gasteiger partial charge in [0.2, 0.25) is 5.91 Å². The van der Waals surface area contributed by atoms with Crippen LogP contribution in [0, 0.1) is 11.8 Å². The second-order valence-electron chi connectivity index (χ2n) is 5.17. The molecule has 1 heterocycles. The Bertz CT molecular complexity index is 229. The fraction of sp³-hybridized carbons (Fsp3) is 0.917. The molecule has 0 radical (unpaired) electrons. The third kappa shape index (κ3) is 3.63. The van der Waals surface area contributed by atoms with Gasteiger partial charge in [-0.1, -0.05) is 19.8 Å². The van der Waals surface area contributed by atoms with Crippen LogP contribution in [0.3, 0.4) is 0 Å². The van der Waals surface area contributed by atoms with Gasteiger partial charge < -0.3 is 10.6 Å². The molecule has 1 saturated heterocycles. The smallest absolute Gasteiger partial charge is 0.224 e. The van der Waals surface area contributed by atoms with Gasteiger partial charge in [0.1, 0.15) is 0 Å². The molecule has 0 aromatic rings. The van der Waals surface area contributed by atoms with Crippen LogP contribution in [0.1, 0.15) is 39.0 Å². The number of halogens is 1. The summed E-state index contributed by atoms with van der Waals surface area (Å²) < 4.78 is 0. The Balaban J connectivity index is 0.00000128. The molecule has 0 bridgehead atoms. The number of hydrogen-bond acceptors (Lipinski definition) is 2. The number of amides is 1. The average Bonchev–Trinajstić information content (AvgIpc) is 2.70. The predicted molar refractivity (Wildman–Crippen MR) is 67.8 cm³/mol. The lowest BCUT2D eigenvalue weighted by Crippen LogP contribution is -2.41. The first kappa shape index (κ1) is 13.8. The standard InChI is InChI=1S/C12H22N2O.ClH/c1-9-3-2-4-11(7-9)14-12(15)10-5-6-13-8-10;/h9-11,13H,2-8H2,1H3,(H,14,15);1H. The molecule has 0 spiro atoms. The summed E-state index contributed by atoms with van der Waals surface area (Å²) in [7, 11) is 0. The first-order valence-corrected chi connectivity index (χ1v) is 6.27. The molecule has 1 amide bonds. The Morgan fingerprint density at radius 3 is 2.75 bits per heavy atom. The van der Waals surface area contributed by atoms with E-state index in [4.69, 9.17) is 0 Å². The van der Waals surface area contributed by atoms with Gasteiger partial charge in [-0.2, -0.15) is 0 Å². The van der Waals surface area contributed by atoms with Crippen molar-refractivity contribution < 1.29 is 4.79 Å². The molecule has 3 atom stereocenters. The fourth-order valence-corrected chi connectivity index (χ4v) is 2.76. The highest BCUT2D eigenvalue weighted by Crippen LogP contribution is 2.23. The van der Waals surface area contributed by atoms with Crippen molar-refractivity contribution in [2.45, 2.75) is 45.1 Å². The predicted octanol–water partition coefficient (Wildman–Crippen LogP) is 1.71. The molecule has 94 valence electrons. The molecule has 2 rings (SSSR count). The summed E-state index contributed by atoms with van der Waals surface area (Å²) in [5, 5.41) is 6.45. The molecular formula is C12H23ClN2O. The summed E-state index contributed by atoms with van der Waals surface area (Å²) >= 11 is 0. The van der Waals surface area contributed by atoms with Crippen LogP contribution in [0.25, 0.3) is 0 Å². The van der Waals surface area contributed by atoms with Crippen LogP contribution >= 0.6 is 12.4 Å². The Kier molecular flexibility index (Phi) is 5.56. The van der Waals surface area contributed by atoms with Crippen molar-refractivity contribution in [1.29, 1.82) is 0 Å².